The van der Waals surface area contributed by atoms with Crippen LogP contribution in [0.25, 0.3) is 0 Å². The Balaban J connectivity index is 1.34. The molecule has 0 atom stereocenters. The first-order valence-corrected chi connectivity index (χ1v) is 9.68. The molecular weight excluding hydrogens is 344 g/mol. The van der Waals surface area contributed by atoms with E-state index in [1.165, 1.54) is 12.5 Å². The van der Waals surface area contributed by atoms with Crippen LogP contribution in [0.3, 0.4) is 0 Å². The molecule has 1 amide bonds. The van der Waals surface area contributed by atoms with Crippen LogP contribution < -0.4 is 20.3 Å². The van der Waals surface area contributed by atoms with Gasteiger partial charge in [-0.3, -0.25) is 9.59 Å². The number of aromatic nitrogens is 1. The number of anilines is 1. The summed E-state index contributed by atoms with van der Waals surface area (Å²) in [6, 6.07) is 8.55. The number of carbonyl (C=O) groups excluding carboxylic acids is 1. The van der Waals surface area contributed by atoms with Crippen LogP contribution >= 0.6 is 0 Å². The Morgan fingerprint density at radius 2 is 1.81 bits per heavy atom. The minimum Gasteiger partial charge on any atom is -0.448 e. The van der Waals surface area contributed by atoms with Gasteiger partial charge in [-0.05, 0) is 49.8 Å². The van der Waals surface area contributed by atoms with Crippen LogP contribution in [0.1, 0.15) is 66.9 Å². The van der Waals surface area contributed by atoms with E-state index in [1.807, 2.05) is 6.07 Å². The molecule has 0 bridgehead atoms. The molecule has 1 aromatic heterocycles. The number of carbonyl (C=O) groups is 1. The average Bonchev–Trinajstić information content (AvgIpc) is 3.44. The molecule has 2 aromatic rings. The molecule has 2 saturated carbocycles. The monoisotopic (exact) mass is 366 g/mol. The Kier molecular flexibility index (Phi) is 3.74. The highest BCUT2D eigenvalue weighted by atomic mass is 16.7. The first-order valence-electron chi connectivity index (χ1n) is 9.68. The first-order chi connectivity index (χ1) is 13.1. The third-order valence-electron chi connectivity index (χ3n) is 5.55. The van der Waals surface area contributed by atoms with Gasteiger partial charge in [0.15, 0.2) is 11.5 Å². The highest BCUT2D eigenvalue weighted by molar-refractivity contribution is 6.04. The topological polar surface area (TPSA) is 80.4 Å². The second kappa shape index (κ2) is 6.15. The largest absolute Gasteiger partial charge is 0.448 e. The summed E-state index contributed by atoms with van der Waals surface area (Å²) in [5, 5.41) is 2.87. The molecule has 3 aliphatic rings. The zero-order chi connectivity index (χ0) is 18.4. The molecule has 2 aliphatic carbocycles. The van der Waals surface area contributed by atoms with E-state index in [9.17, 15) is 9.59 Å². The van der Waals surface area contributed by atoms with Crippen LogP contribution in [0, 0.1) is 0 Å². The van der Waals surface area contributed by atoms with E-state index >= 15 is 0 Å². The quantitative estimate of drug-likeness (QED) is 0.862. The summed E-state index contributed by atoms with van der Waals surface area (Å²) in [6.45, 7) is 0. The summed E-state index contributed by atoms with van der Waals surface area (Å²) < 4.78 is 12.2. The van der Waals surface area contributed by atoms with E-state index in [4.69, 9.17) is 9.47 Å². The predicted octanol–water partition coefficient (Wildman–Crippen LogP) is 3.94. The zero-order valence-electron chi connectivity index (χ0n) is 15.0. The predicted molar refractivity (Wildman–Crippen MR) is 101 cm³/mol. The van der Waals surface area contributed by atoms with Crippen molar-refractivity contribution in [1.82, 2.24) is 4.98 Å². The number of benzene rings is 1. The summed E-state index contributed by atoms with van der Waals surface area (Å²) in [5.41, 5.74) is 1.61. The molecule has 27 heavy (non-hydrogen) atoms. The number of nitrogens with one attached hydrogen (secondary N) is 2. The van der Waals surface area contributed by atoms with E-state index < -0.39 is 5.79 Å². The van der Waals surface area contributed by atoms with Crippen LogP contribution in [0.2, 0.25) is 0 Å². The highest BCUT2D eigenvalue weighted by Crippen LogP contribution is 2.46. The van der Waals surface area contributed by atoms with Gasteiger partial charge >= 0.3 is 0 Å². The highest BCUT2D eigenvalue weighted by Gasteiger charge is 2.42. The van der Waals surface area contributed by atoms with Crippen molar-refractivity contribution < 1.29 is 14.3 Å². The van der Waals surface area contributed by atoms with Crippen molar-refractivity contribution >= 4 is 11.6 Å². The van der Waals surface area contributed by atoms with Crippen LogP contribution in [-0.2, 0) is 0 Å². The number of rotatable bonds is 3. The normalized spacial score (nSPS) is 19.9. The van der Waals surface area contributed by atoms with Gasteiger partial charge in [0.25, 0.3) is 11.7 Å². The Hall–Kier alpha value is -2.76. The lowest BCUT2D eigenvalue weighted by Crippen LogP contribution is -2.40. The Morgan fingerprint density at radius 3 is 2.59 bits per heavy atom. The number of aromatic amines is 1. The van der Waals surface area contributed by atoms with Gasteiger partial charge in [-0.15, -0.1) is 0 Å². The van der Waals surface area contributed by atoms with E-state index in [1.54, 1.807) is 18.2 Å². The Labute approximate surface area is 156 Å². The van der Waals surface area contributed by atoms with Crippen molar-refractivity contribution in [2.24, 2.45) is 0 Å². The van der Waals surface area contributed by atoms with Crippen molar-refractivity contribution in [2.75, 3.05) is 5.32 Å². The second-order valence-electron chi connectivity index (χ2n) is 7.75. The minimum atomic E-state index is -0.533. The molecule has 1 spiro atoms. The summed E-state index contributed by atoms with van der Waals surface area (Å²) >= 11 is 0. The smallest absolute Gasteiger partial charge is 0.255 e. The molecule has 1 aliphatic heterocycles. The van der Waals surface area contributed by atoms with Gasteiger partial charge in [0.2, 0.25) is 5.56 Å². The molecule has 0 saturated heterocycles. The number of pyridine rings is 1. The van der Waals surface area contributed by atoms with Crippen molar-refractivity contribution in [2.45, 2.75) is 56.7 Å². The van der Waals surface area contributed by atoms with Gasteiger partial charge in [0, 0.05) is 41.9 Å². The molecule has 1 aromatic carbocycles. The molecule has 140 valence electrons. The van der Waals surface area contributed by atoms with Gasteiger partial charge in [0.05, 0.1) is 0 Å². The van der Waals surface area contributed by atoms with Crippen molar-refractivity contribution in [3.8, 4) is 11.5 Å². The number of hydrogen-bond acceptors (Lipinski definition) is 4. The van der Waals surface area contributed by atoms with Gasteiger partial charge in [-0.25, -0.2) is 0 Å². The first kappa shape index (κ1) is 16.4. The second-order valence-corrected chi connectivity index (χ2v) is 7.75. The average molecular weight is 366 g/mol. The van der Waals surface area contributed by atoms with Gasteiger partial charge < -0.3 is 19.8 Å². The fourth-order valence-electron chi connectivity index (χ4n) is 3.98. The molecule has 6 nitrogen and oxygen atoms in total. The van der Waals surface area contributed by atoms with E-state index in [-0.39, 0.29) is 11.5 Å². The molecule has 2 heterocycles. The van der Waals surface area contributed by atoms with Crippen LogP contribution in [-0.4, -0.2) is 16.7 Å². The van der Waals surface area contributed by atoms with E-state index in [0.29, 0.717) is 22.9 Å². The fraction of sp³-hybridized carbons (Fsp3) is 0.429. The number of ether oxygens (including phenoxy) is 2. The molecule has 2 N–H and O–H groups in total. The molecule has 0 radical (unpaired) electrons. The number of amides is 1. The van der Waals surface area contributed by atoms with Crippen LogP contribution in [0.15, 0.2) is 35.1 Å². The lowest BCUT2D eigenvalue weighted by Gasteiger charge is -2.31. The molecule has 0 unspecified atom stereocenters. The van der Waals surface area contributed by atoms with Crippen molar-refractivity contribution in [1.29, 1.82) is 0 Å². The van der Waals surface area contributed by atoms with Crippen molar-refractivity contribution in [3.63, 3.8) is 0 Å². The van der Waals surface area contributed by atoms with E-state index in [0.717, 1.165) is 50.0 Å². The molecule has 6 heteroatoms. The van der Waals surface area contributed by atoms with Crippen LogP contribution in [0.4, 0.5) is 5.69 Å². The van der Waals surface area contributed by atoms with Crippen LogP contribution in [0.5, 0.6) is 11.5 Å². The lowest BCUT2D eigenvalue weighted by atomic mass is 9.94. The Morgan fingerprint density at radius 1 is 1.04 bits per heavy atom. The number of hydrogen-bond donors (Lipinski definition) is 2. The van der Waals surface area contributed by atoms with Crippen molar-refractivity contribution in [3.05, 3.63) is 51.9 Å². The van der Waals surface area contributed by atoms with Gasteiger partial charge in [0.1, 0.15) is 0 Å². The lowest BCUT2D eigenvalue weighted by molar-refractivity contribution is -0.105. The fourth-order valence-corrected chi connectivity index (χ4v) is 3.98. The standard InChI is InChI=1S/C21H22N2O4/c24-19-11-14(10-16(23-19)13-4-5-13)20(25)22-15-6-7-17-18(12-15)27-21(26-17)8-2-1-3-9-21/h6-7,10-13H,1-5,8-9H2,(H,22,25)(H,23,24). The SMILES string of the molecule is O=C(Nc1ccc2c(c1)OC1(CCCCC1)O2)c1cc(C2CC2)[nH]c(=O)c1. The maximum absolute atomic E-state index is 12.6. The third-order valence-corrected chi connectivity index (χ3v) is 5.55. The number of fused-ring (bicyclic) bond motifs is 1. The van der Waals surface area contributed by atoms with E-state index in [2.05, 4.69) is 10.3 Å². The molecule has 2 fully saturated rings. The van der Waals surface area contributed by atoms with Gasteiger partial charge in [-0.1, -0.05) is 6.42 Å². The summed E-state index contributed by atoms with van der Waals surface area (Å²) in [4.78, 5) is 27.3. The summed E-state index contributed by atoms with van der Waals surface area (Å²) in [7, 11) is 0. The summed E-state index contributed by atoms with van der Waals surface area (Å²) in [6.07, 6.45) is 7.31. The molecule has 5 rings (SSSR count). The molecular formula is C21H22N2O4. The summed E-state index contributed by atoms with van der Waals surface area (Å²) in [5.74, 6) is 0.938. The number of H-pyrrole nitrogens is 1. The Bertz CT molecular complexity index is 955. The van der Waals surface area contributed by atoms with Gasteiger partial charge in [-0.2, -0.15) is 0 Å². The third kappa shape index (κ3) is 3.20. The maximum Gasteiger partial charge on any atom is 0.255 e. The zero-order valence-corrected chi connectivity index (χ0v) is 15.0. The minimum absolute atomic E-state index is 0.241. The maximum atomic E-state index is 12.6.